The van der Waals surface area contributed by atoms with Crippen LogP contribution >= 0.6 is 0 Å². The molecule has 1 heterocycles. The summed E-state index contributed by atoms with van der Waals surface area (Å²) in [5, 5.41) is 9.96. The number of carbonyl (C=O) groups is 9. The molecule has 0 aliphatic carbocycles. The summed E-state index contributed by atoms with van der Waals surface area (Å²) in [5.74, 6) is -7.62. The number of carbonyl (C=O) groups excluding carboxylic acids is 9. The van der Waals surface area contributed by atoms with E-state index in [0.717, 1.165) is 5.56 Å². The fourth-order valence-corrected chi connectivity index (χ4v) is 7.04. The lowest BCUT2D eigenvalue weighted by molar-refractivity contribution is -0.155. The van der Waals surface area contributed by atoms with Gasteiger partial charge >= 0.3 is 5.97 Å². The van der Waals surface area contributed by atoms with Gasteiger partial charge in [0.2, 0.25) is 35.3 Å². The molecular formula is C46H57N7O11. The Bertz CT molecular complexity index is 2160. The number of hydrogen-bond donors (Lipinski definition) is 6. The van der Waals surface area contributed by atoms with Crippen LogP contribution < -0.4 is 32.7 Å². The van der Waals surface area contributed by atoms with E-state index in [9.17, 15) is 43.2 Å². The van der Waals surface area contributed by atoms with Crippen LogP contribution in [0.1, 0.15) is 104 Å². The number of amides is 7. The number of esters is 1. The third kappa shape index (κ3) is 14.9. The highest BCUT2D eigenvalue weighted by Gasteiger charge is 2.44. The van der Waals surface area contributed by atoms with Crippen molar-refractivity contribution in [3.63, 3.8) is 0 Å². The highest BCUT2D eigenvalue weighted by molar-refractivity contribution is 6.38. The van der Waals surface area contributed by atoms with Gasteiger partial charge < -0.3 is 47.1 Å². The predicted octanol–water partition coefficient (Wildman–Crippen LogP) is 1.90. The van der Waals surface area contributed by atoms with Crippen LogP contribution in [0.5, 0.6) is 0 Å². The van der Waals surface area contributed by atoms with E-state index in [1.165, 1.54) is 29.2 Å². The van der Waals surface area contributed by atoms with Crippen molar-refractivity contribution in [1.82, 2.24) is 26.2 Å². The molecule has 0 aromatic heterocycles. The number of nitrogens with one attached hydrogen (secondary N) is 4. The standard InChI is InChI=1S/C46H57N7O11/c1-5-15-33(39(56)44(61)49-25-36(54)52-38(41(48)58)29-18-10-7-11-19-29)50-43(60)35-24-30(63-27-28-16-8-6-9-17-28)26-53(35)45(62)34(22-14-23-37(55)64-46(2,3)4)51-42(59)32-21-13-12-20-31(32)40(47)57/h6-13,16-21,30,33-35,38H,5,14-15,22-27H2,1-4H3,(H2,47,57)(H2,48,58)(H,49,61)(H,50,60)(H,51,59)(H,52,54)/t30-,33?,34+,35+,38+/m1/s1. The van der Waals surface area contributed by atoms with Gasteiger partial charge in [-0.3, -0.25) is 43.2 Å². The van der Waals surface area contributed by atoms with Crippen LogP contribution in [0.3, 0.4) is 0 Å². The average molecular weight is 884 g/mol. The number of hydrogen-bond acceptors (Lipinski definition) is 11. The van der Waals surface area contributed by atoms with Crippen LogP contribution in [0, 0.1) is 0 Å². The Morgan fingerprint density at radius 2 is 1.41 bits per heavy atom. The summed E-state index contributed by atoms with van der Waals surface area (Å²) >= 11 is 0. The number of ether oxygens (including phenoxy) is 2. The molecule has 5 atom stereocenters. The maximum atomic E-state index is 14.7. The molecule has 3 aromatic rings. The molecular weight excluding hydrogens is 827 g/mol. The van der Waals surface area contributed by atoms with Gasteiger partial charge in [0.1, 0.15) is 23.7 Å². The van der Waals surface area contributed by atoms with Gasteiger partial charge in [-0.1, -0.05) is 86.1 Å². The van der Waals surface area contributed by atoms with Crippen LogP contribution in [-0.2, 0) is 49.6 Å². The van der Waals surface area contributed by atoms with Crippen molar-refractivity contribution < 1.29 is 52.6 Å². The smallest absolute Gasteiger partial charge is 0.306 e. The molecule has 4 rings (SSSR count). The topological polar surface area (TPSA) is 275 Å². The SMILES string of the molecule is CCCC(NC(=O)[C@@H]1C[C@@H](OCc2ccccc2)CN1C(=O)[C@H](CCCC(=O)OC(C)(C)C)NC(=O)c1ccccc1C(N)=O)C(=O)C(=O)NCC(=O)N[C@H](C(N)=O)c1ccccc1. The van der Waals surface area contributed by atoms with Crippen molar-refractivity contribution in [2.24, 2.45) is 11.5 Å². The van der Waals surface area contributed by atoms with Gasteiger partial charge in [-0.2, -0.15) is 0 Å². The summed E-state index contributed by atoms with van der Waals surface area (Å²) in [6, 6.07) is 18.0. The monoisotopic (exact) mass is 883 g/mol. The quantitative estimate of drug-likeness (QED) is 0.0626. The minimum atomic E-state index is -1.38. The van der Waals surface area contributed by atoms with Gasteiger partial charge in [0, 0.05) is 19.4 Å². The summed E-state index contributed by atoms with van der Waals surface area (Å²) < 4.78 is 11.6. The lowest BCUT2D eigenvalue weighted by Gasteiger charge is -2.30. The molecule has 1 aliphatic rings. The molecule has 1 saturated heterocycles. The molecule has 0 radical (unpaired) electrons. The fraction of sp³-hybridized carbons (Fsp3) is 0.413. The lowest BCUT2D eigenvalue weighted by atomic mass is 10.0. The van der Waals surface area contributed by atoms with Crippen LogP contribution in [0.2, 0.25) is 0 Å². The van der Waals surface area contributed by atoms with Gasteiger partial charge in [-0.15, -0.1) is 0 Å². The third-order valence-corrected chi connectivity index (χ3v) is 10.1. The maximum Gasteiger partial charge on any atom is 0.306 e. The minimum Gasteiger partial charge on any atom is -0.460 e. The average Bonchev–Trinajstić information content (AvgIpc) is 3.70. The van der Waals surface area contributed by atoms with Gasteiger partial charge in [0.05, 0.1) is 36.4 Å². The third-order valence-electron chi connectivity index (χ3n) is 10.1. The van der Waals surface area contributed by atoms with Crippen molar-refractivity contribution >= 4 is 53.1 Å². The Labute approximate surface area is 371 Å². The fourth-order valence-electron chi connectivity index (χ4n) is 7.04. The Morgan fingerprint density at radius 3 is 2.02 bits per heavy atom. The second kappa shape index (κ2) is 23.5. The molecule has 8 N–H and O–H groups in total. The number of nitrogens with two attached hydrogens (primary N) is 2. The Balaban J connectivity index is 1.55. The first kappa shape index (κ1) is 49.7. The molecule has 1 unspecified atom stereocenters. The lowest BCUT2D eigenvalue weighted by Crippen LogP contribution is -2.56. The van der Waals surface area contributed by atoms with Crippen LogP contribution in [-0.4, -0.2) is 101 Å². The maximum absolute atomic E-state index is 14.7. The number of Topliss-reactive ketones (excluding diaryl/α,β-unsaturated/α-hetero) is 1. The van der Waals surface area contributed by atoms with E-state index in [-0.39, 0.29) is 56.4 Å². The predicted molar refractivity (Wildman–Crippen MR) is 232 cm³/mol. The summed E-state index contributed by atoms with van der Waals surface area (Å²) in [7, 11) is 0. The number of likely N-dealkylation sites (tertiary alicyclic amines) is 1. The van der Waals surface area contributed by atoms with Crippen molar-refractivity contribution in [3.05, 3.63) is 107 Å². The number of nitrogens with zero attached hydrogens (tertiary/aromatic N) is 1. The molecule has 18 heteroatoms. The Morgan fingerprint density at radius 1 is 0.781 bits per heavy atom. The van der Waals surface area contributed by atoms with Gasteiger partial charge in [-0.25, -0.2) is 0 Å². The molecule has 1 aliphatic heterocycles. The van der Waals surface area contributed by atoms with Crippen molar-refractivity contribution in [3.8, 4) is 0 Å². The van der Waals surface area contributed by atoms with Crippen molar-refractivity contribution in [2.75, 3.05) is 13.1 Å². The number of benzene rings is 3. The van der Waals surface area contributed by atoms with E-state index in [4.69, 9.17) is 20.9 Å². The molecule has 0 saturated carbocycles. The first-order valence-corrected chi connectivity index (χ1v) is 21.0. The van der Waals surface area contributed by atoms with Gasteiger partial charge in [-0.05, 0) is 63.3 Å². The van der Waals surface area contributed by atoms with E-state index in [2.05, 4.69) is 21.3 Å². The van der Waals surface area contributed by atoms with Crippen LogP contribution in [0.25, 0.3) is 0 Å². The molecule has 1 fully saturated rings. The van der Waals surface area contributed by atoms with E-state index in [0.29, 0.717) is 12.0 Å². The highest BCUT2D eigenvalue weighted by Crippen LogP contribution is 2.25. The van der Waals surface area contributed by atoms with Crippen molar-refractivity contribution in [2.45, 2.75) is 109 Å². The zero-order chi connectivity index (χ0) is 47.0. The normalized spacial score (nSPS) is 16.0. The highest BCUT2D eigenvalue weighted by atomic mass is 16.6. The summed E-state index contributed by atoms with van der Waals surface area (Å²) in [5.41, 5.74) is 11.3. The largest absolute Gasteiger partial charge is 0.460 e. The summed E-state index contributed by atoms with van der Waals surface area (Å²) in [6.07, 6.45) is -0.484. The van der Waals surface area contributed by atoms with Crippen LogP contribution in [0.15, 0.2) is 84.9 Å². The van der Waals surface area contributed by atoms with E-state index in [1.54, 1.807) is 58.0 Å². The number of ketones is 1. The second-order valence-electron chi connectivity index (χ2n) is 16.3. The van der Waals surface area contributed by atoms with Crippen molar-refractivity contribution in [1.29, 1.82) is 0 Å². The van der Waals surface area contributed by atoms with E-state index >= 15 is 0 Å². The molecule has 342 valence electrons. The first-order chi connectivity index (χ1) is 30.4. The zero-order valence-electron chi connectivity index (χ0n) is 36.4. The van der Waals surface area contributed by atoms with E-state index < -0.39 is 95.5 Å². The Kier molecular flexibility index (Phi) is 18.2. The Hall–Kier alpha value is -6.95. The molecule has 64 heavy (non-hydrogen) atoms. The molecule has 0 bridgehead atoms. The number of rotatable bonds is 22. The minimum absolute atomic E-state index is 0.0131. The molecule has 18 nitrogen and oxygen atoms in total. The van der Waals surface area contributed by atoms with Gasteiger partial charge in [0.15, 0.2) is 0 Å². The van der Waals surface area contributed by atoms with Crippen LogP contribution in [0.4, 0.5) is 0 Å². The second-order valence-corrected chi connectivity index (χ2v) is 16.3. The molecule has 0 spiro atoms. The van der Waals surface area contributed by atoms with E-state index in [1.807, 2.05) is 30.3 Å². The molecule has 7 amide bonds. The van der Waals surface area contributed by atoms with Gasteiger partial charge in [0.25, 0.3) is 11.8 Å². The zero-order valence-corrected chi connectivity index (χ0v) is 36.4. The first-order valence-electron chi connectivity index (χ1n) is 21.0. The summed E-state index contributed by atoms with van der Waals surface area (Å²) in [4.78, 5) is 120. The number of primary amides is 2. The molecule has 3 aromatic carbocycles. The summed E-state index contributed by atoms with van der Waals surface area (Å²) in [6.45, 7) is 6.19.